The highest BCUT2D eigenvalue weighted by atomic mass is 79.9. The summed E-state index contributed by atoms with van der Waals surface area (Å²) in [7, 11) is 0. The molecule has 0 saturated heterocycles. The molecule has 1 aromatic rings. The van der Waals surface area contributed by atoms with E-state index in [-0.39, 0.29) is 6.42 Å². The molecule has 2 amide bonds. The zero-order valence-corrected chi connectivity index (χ0v) is 12.8. The van der Waals surface area contributed by atoms with Crippen LogP contribution in [-0.4, -0.2) is 17.9 Å². The van der Waals surface area contributed by atoms with Gasteiger partial charge < -0.3 is 16.8 Å². The maximum atomic E-state index is 11.8. The molecule has 0 aliphatic rings. The molecule has 1 rings (SSSR count). The fourth-order valence-corrected chi connectivity index (χ4v) is 2.96. The second-order valence-corrected chi connectivity index (χ2v) is 5.58. The monoisotopic (exact) mass is 377 g/mol. The molecule has 0 aromatic heterocycles. The van der Waals surface area contributed by atoms with Gasteiger partial charge in [0.05, 0.1) is 18.2 Å². The van der Waals surface area contributed by atoms with Crippen LogP contribution < -0.4 is 16.8 Å². The number of nitrogens with one attached hydrogen (secondary N) is 1. The summed E-state index contributed by atoms with van der Waals surface area (Å²) in [4.78, 5) is 22.4. The number of rotatable bonds is 4. The van der Waals surface area contributed by atoms with Crippen LogP contribution in [0.25, 0.3) is 0 Å². The Morgan fingerprint density at radius 2 is 1.83 bits per heavy atom. The molecule has 0 fully saturated rings. The van der Waals surface area contributed by atoms with Crippen molar-refractivity contribution in [3.05, 3.63) is 26.6 Å². The van der Waals surface area contributed by atoms with Gasteiger partial charge in [-0.25, -0.2) is 0 Å². The first-order valence-electron chi connectivity index (χ1n) is 5.11. The third-order valence-corrected chi connectivity index (χ3v) is 3.44. The first-order chi connectivity index (χ1) is 8.31. The number of amides is 2. The van der Waals surface area contributed by atoms with Gasteiger partial charge in [-0.15, -0.1) is 0 Å². The molecule has 1 aromatic carbocycles. The lowest BCUT2D eigenvalue weighted by atomic mass is 10.2. The van der Waals surface area contributed by atoms with E-state index < -0.39 is 17.9 Å². The van der Waals surface area contributed by atoms with Gasteiger partial charge >= 0.3 is 0 Å². The summed E-state index contributed by atoms with van der Waals surface area (Å²) in [5, 5.41) is 2.65. The third-order valence-electron chi connectivity index (χ3n) is 2.19. The minimum absolute atomic E-state index is 0.188. The largest absolute Gasteiger partial charge is 0.370 e. The van der Waals surface area contributed by atoms with Crippen molar-refractivity contribution < 1.29 is 9.59 Å². The molecule has 98 valence electrons. The number of halogens is 2. The zero-order chi connectivity index (χ0) is 13.9. The van der Waals surface area contributed by atoms with Crippen LogP contribution in [0.1, 0.15) is 12.0 Å². The Morgan fingerprint density at radius 3 is 2.28 bits per heavy atom. The molecule has 5 nitrogen and oxygen atoms in total. The summed E-state index contributed by atoms with van der Waals surface area (Å²) in [5.74, 6) is -1.07. The molecule has 1 atom stereocenters. The number of carbonyl (C=O) groups is 2. The average molecular weight is 379 g/mol. The Morgan fingerprint density at radius 1 is 1.33 bits per heavy atom. The predicted octanol–water partition coefficient (Wildman–Crippen LogP) is 1.66. The van der Waals surface area contributed by atoms with Gasteiger partial charge in [0.1, 0.15) is 0 Å². The van der Waals surface area contributed by atoms with Gasteiger partial charge in [-0.2, -0.15) is 0 Å². The predicted molar refractivity (Wildman–Crippen MR) is 77.0 cm³/mol. The number of anilines is 1. The number of hydrogen-bond acceptors (Lipinski definition) is 3. The van der Waals surface area contributed by atoms with Crippen molar-refractivity contribution >= 4 is 49.4 Å². The lowest BCUT2D eigenvalue weighted by molar-refractivity contribution is -0.123. The number of nitrogens with two attached hydrogens (primary N) is 2. The maximum absolute atomic E-state index is 11.8. The number of benzene rings is 1. The molecule has 0 aliphatic carbocycles. The maximum Gasteiger partial charge on any atom is 0.241 e. The van der Waals surface area contributed by atoms with E-state index in [0.717, 1.165) is 14.5 Å². The molecular weight excluding hydrogens is 366 g/mol. The molecular formula is C11H13Br2N3O2. The molecule has 5 N–H and O–H groups in total. The van der Waals surface area contributed by atoms with E-state index in [1.165, 1.54) is 0 Å². The van der Waals surface area contributed by atoms with Crippen LogP contribution in [0.4, 0.5) is 5.69 Å². The van der Waals surface area contributed by atoms with Crippen molar-refractivity contribution in [3.63, 3.8) is 0 Å². The first-order valence-corrected chi connectivity index (χ1v) is 6.70. The number of primary amides is 1. The molecule has 7 heteroatoms. The molecule has 0 saturated carbocycles. The van der Waals surface area contributed by atoms with E-state index in [2.05, 4.69) is 37.2 Å². The normalized spacial score (nSPS) is 12.0. The van der Waals surface area contributed by atoms with Gasteiger partial charge in [0.2, 0.25) is 11.8 Å². The van der Waals surface area contributed by atoms with E-state index >= 15 is 0 Å². The first kappa shape index (κ1) is 15.1. The van der Waals surface area contributed by atoms with Crippen LogP contribution in [0.5, 0.6) is 0 Å². The molecule has 1 unspecified atom stereocenters. The van der Waals surface area contributed by atoms with Gasteiger partial charge in [0, 0.05) is 8.95 Å². The Hall–Kier alpha value is -0.920. The summed E-state index contributed by atoms with van der Waals surface area (Å²) in [5.41, 5.74) is 12.1. The highest BCUT2D eigenvalue weighted by molar-refractivity contribution is 9.11. The minimum atomic E-state index is -0.956. The van der Waals surface area contributed by atoms with Crippen LogP contribution in [0.15, 0.2) is 21.1 Å². The highest BCUT2D eigenvalue weighted by Crippen LogP contribution is 2.32. The molecule has 0 aliphatic heterocycles. The van der Waals surface area contributed by atoms with Crippen molar-refractivity contribution in [1.29, 1.82) is 0 Å². The van der Waals surface area contributed by atoms with Crippen LogP contribution in [-0.2, 0) is 9.59 Å². The van der Waals surface area contributed by atoms with Crippen LogP contribution in [0, 0.1) is 6.92 Å². The lowest BCUT2D eigenvalue weighted by Gasteiger charge is -2.14. The van der Waals surface area contributed by atoms with E-state index in [0.29, 0.717) is 5.69 Å². The summed E-state index contributed by atoms with van der Waals surface area (Å²) in [6.07, 6.45) is -0.188. The SMILES string of the molecule is Cc1cc(Br)c(NC(=O)C(N)CC(N)=O)c(Br)c1. The number of hydrogen-bond donors (Lipinski definition) is 3. The Kier molecular flexibility index (Phi) is 5.30. The van der Waals surface area contributed by atoms with E-state index in [1.54, 1.807) is 0 Å². The molecule has 0 heterocycles. The van der Waals surface area contributed by atoms with Crippen LogP contribution in [0.2, 0.25) is 0 Å². The highest BCUT2D eigenvalue weighted by Gasteiger charge is 2.18. The second-order valence-electron chi connectivity index (χ2n) is 3.87. The molecule has 18 heavy (non-hydrogen) atoms. The van der Waals surface area contributed by atoms with Gasteiger partial charge in [-0.3, -0.25) is 9.59 Å². The summed E-state index contributed by atoms with van der Waals surface area (Å²) >= 11 is 6.70. The van der Waals surface area contributed by atoms with E-state index in [4.69, 9.17) is 11.5 Å². The van der Waals surface area contributed by atoms with E-state index in [9.17, 15) is 9.59 Å². The third kappa shape index (κ3) is 4.08. The van der Waals surface area contributed by atoms with Crippen molar-refractivity contribution in [1.82, 2.24) is 0 Å². The molecule has 0 radical (unpaired) electrons. The smallest absolute Gasteiger partial charge is 0.241 e. The zero-order valence-electron chi connectivity index (χ0n) is 9.67. The average Bonchev–Trinajstić information content (AvgIpc) is 2.21. The minimum Gasteiger partial charge on any atom is -0.370 e. The Balaban J connectivity index is 2.85. The summed E-state index contributed by atoms with van der Waals surface area (Å²) in [6, 6.07) is 2.77. The van der Waals surface area contributed by atoms with Crippen LogP contribution in [0.3, 0.4) is 0 Å². The number of aryl methyl sites for hydroxylation is 1. The Labute approximate surface area is 122 Å². The van der Waals surface area contributed by atoms with Gasteiger partial charge in [-0.1, -0.05) is 0 Å². The lowest BCUT2D eigenvalue weighted by Crippen LogP contribution is -2.39. The molecule has 0 spiro atoms. The fraction of sp³-hybridized carbons (Fsp3) is 0.273. The van der Waals surface area contributed by atoms with E-state index in [1.807, 2.05) is 19.1 Å². The molecule has 0 bridgehead atoms. The summed E-state index contributed by atoms with van der Waals surface area (Å²) in [6.45, 7) is 1.93. The van der Waals surface area contributed by atoms with Crippen LogP contribution >= 0.6 is 31.9 Å². The van der Waals surface area contributed by atoms with Crippen molar-refractivity contribution in [2.75, 3.05) is 5.32 Å². The van der Waals surface area contributed by atoms with Gasteiger partial charge in [0.15, 0.2) is 0 Å². The van der Waals surface area contributed by atoms with Crippen molar-refractivity contribution in [3.8, 4) is 0 Å². The van der Waals surface area contributed by atoms with Gasteiger partial charge in [-0.05, 0) is 56.5 Å². The van der Waals surface area contributed by atoms with Crippen molar-refractivity contribution in [2.45, 2.75) is 19.4 Å². The fourth-order valence-electron chi connectivity index (χ4n) is 1.34. The van der Waals surface area contributed by atoms with Crippen molar-refractivity contribution in [2.24, 2.45) is 11.5 Å². The Bertz CT molecular complexity index is 468. The number of carbonyl (C=O) groups excluding carboxylic acids is 2. The standard InChI is InChI=1S/C11H13Br2N3O2/c1-5-2-6(12)10(7(13)3-5)16-11(18)8(14)4-9(15)17/h2-3,8H,4,14H2,1H3,(H2,15,17)(H,16,18). The quantitative estimate of drug-likeness (QED) is 0.742. The van der Waals surface area contributed by atoms with Gasteiger partial charge in [0.25, 0.3) is 0 Å². The summed E-state index contributed by atoms with van der Waals surface area (Å²) < 4.78 is 1.46. The topological polar surface area (TPSA) is 98.2 Å². The second kappa shape index (κ2) is 6.31.